The monoisotopic (exact) mass is 800 g/mol. The Hall–Kier alpha value is 1.78. The van der Waals surface area contributed by atoms with E-state index in [9.17, 15) is 0 Å². The first kappa shape index (κ1) is 38.3. The molecule has 0 bridgehead atoms. The van der Waals surface area contributed by atoms with Crippen LogP contribution in [0, 0.1) is 35.6 Å². The summed E-state index contributed by atoms with van der Waals surface area (Å²) in [5, 5.41) is 0. The van der Waals surface area contributed by atoms with Crippen molar-refractivity contribution in [3.63, 3.8) is 0 Å². The molecule has 0 saturated carbocycles. The van der Waals surface area contributed by atoms with Gasteiger partial charge in [0, 0.05) is 26.4 Å². The first-order valence-electron chi connectivity index (χ1n) is 11.7. The molecule has 3 rings (SSSR count). The number of ether oxygens (including phenoxy) is 2. The van der Waals surface area contributed by atoms with E-state index in [-0.39, 0.29) is 99.8 Å². The van der Waals surface area contributed by atoms with E-state index in [0.717, 1.165) is 45.1 Å². The third-order valence-electron chi connectivity index (χ3n) is 6.04. The molecule has 0 N–H and O–H groups in total. The van der Waals surface area contributed by atoms with Gasteiger partial charge >= 0.3 is 35.6 Å². The second-order valence-corrected chi connectivity index (χ2v) is 10.6. The summed E-state index contributed by atoms with van der Waals surface area (Å²) >= 11 is 0. The molecule has 0 aliphatic carbocycles. The van der Waals surface area contributed by atoms with Gasteiger partial charge in [-0.2, -0.15) is 0 Å². The third kappa shape index (κ3) is 13.2. The Bertz CT molecular complexity index is 533. The minimum absolute atomic E-state index is 0. The fourth-order valence-corrected chi connectivity index (χ4v) is 2.98. The van der Waals surface area contributed by atoms with Crippen LogP contribution < -0.4 is 52.9 Å². The second kappa shape index (κ2) is 18.1. The number of halogens is 2. The van der Waals surface area contributed by atoms with E-state index >= 15 is 0 Å². The second-order valence-electron chi connectivity index (χ2n) is 10.6. The van der Waals surface area contributed by atoms with Gasteiger partial charge in [0.15, 0.2) is 0 Å². The van der Waals surface area contributed by atoms with Gasteiger partial charge < -0.3 is 67.4 Å². The largest absolute Gasteiger partial charge is 3.00 e. The number of hydrogen-bond acceptors (Lipinski definition) is 3. The number of rotatable bonds is 4. The standard InChI is InChI=1S/C17H31N2.2C4H8O.2HI.La/c1-10-16(6,7)12-13(17(8,9)11-2)19-14(18-12)15(3,4)5;2*1-2-4-5-3-1;;;/h10-11H2,1-9H3;2*1-4H2;2*1H;/q-1;;;;;+3/p-2. The van der Waals surface area contributed by atoms with Gasteiger partial charge in [-0.15, -0.1) is 0 Å². The zero-order chi connectivity index (χ0) is 22.1. The van der Waals surface area contributed by atoms with E-state index < -0.39 is 0 Å². The molecule has 0 unspecified atom stereocenters. The van der Waals surface area contributed by atoms with E-state index in [4.69, 9.17) is 19.4 Å². The van der Waals surface area contributed by atoms with Gasteiger partial charge in [0.25, 0.3) is 0 Å². The van der Waals surface area contributed by atoms with Gasteiger partial charge in [0.2, 0.25) is 0 Å². The number of hydrogen-bond donors (Lipinski definition) is 0. The van der Waals surface area contributed by atoms with Crippen LogP contribution in [0.15, 0.2) is 0 Å². The van der Waals surface area contributed by atoms with Crippen molar-refractivity contribution in [2.45, 2.75) is 117 Å². The van der Waals surface area contributed by atoms with E-state index in [0.29, 0.717) is 0 Å². The van der Waals surface area contributed by atoms with Crippen LogP contribution >= 0.6 is 0 Å². The van der Waals surface area contributed by atoms with Crippen molar-refractivity contribution in [1.82, 2.24) is 9.97 Å². The quantitative estimate of drug-likeness (QED) is 0.413. The van der Waals surface area contributed by atoms with E-state index in [2.05, 4.69) is 62.3 Å². The Morgan fingerprint density at radius 2 is 1.09 bits per heavy atom. The summed E-state index contributed by atoms with van der Waals surface area (Å²) in [7, 11) is 0. The summed E-state index contributed by atoms with van der Waals surface area (Å²) in [6.07, 6.45) is 7.28. The molecule has 3 heterocycles. The minimum Gasteiger partial charge on any atom is -1.00 e. The topological polar surface area (TPSA) is 45.5 Å². The molecule has 32 heavy (non-hydrogen) atoms. The smallest absolute Gasteiger partial charge is 1.00 e. The van der Waals surface area contributed by atoms with E-state index in [1.165, 1.54) is 37.1 Å². The minimum atomic E-state index is 0. The van der Waals surface area contributed by atoms with Crippen molar-refractivity contribution in [2.75, 3.05) is 26.4 Å². The van der Waals surface area contributed by atoms with Gasteiger partial charge in [0.05, 0.1) is 0 Å². The Kier molecular flexibility index (Phi) is 21.7. The van der Waals surface area contributed by atoms with Gasteiger partial charge in [-0.1, -0.05) is 79.5 Å². The van der Waals surface area contributed by atoms with Crippen molar-refractivity contribution in [3.05, 3.63) is 17.2 Å². The molecule has 2 saturated heterocycles. The molecule has 1 aromatic rings. The fraction of sp³-hybridized carbons (Fsp3) is 0.880. The summed E-state index contributed by atoms with van der Waals surface area (Å²) in [6, 6.07) is 0. The Morgan fingerprint density at radius 1 is 0.719 bits per heavy atom. The molecule has 7 heteroatoms. The maximum Gasteiger partial charge on any atom is 3.00 e. The van der Waals surface area contributed by atoms with Crippen LogP contribution in [0.3, 0.4) is 0 Å². The van der Waals surface area contributed by atoms with Crippen LogP contribution in [0.5, 0.6) is 0 Å². The number of imidazole rings is 1. The van der Waals surface area contributed by atoms with Crippen LogP contribution in [0.4, 0.5) is 0 Å². The van der Waals surface area contributed by atoms with Gasteiger partial charge in [-0.3, -0.25) is 0 Å². The third-order valence-corrected chi connectivity index (χ3v) is 6.04. The molecule has 0 aromatic carbocycles. The summed E-state index contributed by atoms with van der Waals surface area (Å²) < 4.78 is 9.89. The van der Waals surface area contributed by atoms with Crippen molar-refractivity contribution in [1.29, 1.82) is 0 Å². The molecule has 186 valence electrons. The maximum absolute atomic E-state index is 4.94. The summed E-state index contributed by atoms with van der Waals surface area (Å²) in [4.78, 5) is 9.85. The van der Waals surface area contributed by atoms with Crippen LogP contribution in [0.1, 0.15) is 118 Å². The molecular weight excluding hydrogens is 753 g/mol. The van der Waals surface area contributed by atoms with Crippen molar-refractivity contribution >= 4 is 0 Å². The van der Waals surface area contributed by atoms with E-state index in [1.807, 2.05) is 0 Å². The summed E-state index contributed by atoms with van der Waals surface area (Å²) in [5.74, 6) is 0.987. The van der Waals surface area contributed by atoms with Gasteiger partial charge in [-0.05, 0) is 54.8 Å². The molecule has 0 spiro atoms. The maximum atomic E-state index is 4.94. The van der Waals surface area contributed by atoms with Crippen LogP contribution in [0.2, 0.25) is 0 Å². The Balaban J connectivity index is -0.000000531. The molecule has 1 aromatic heterocycles. The van der Waals surface area contributed by atoms with Crippen LogP contribution in [-0.2, 0) is 25.7 Å². The molecule has 4 nitrogen and oxygen atoms in total. The van der Waals surface area contributed by atoms with Gasteiger partial charge in [-0.25, -0.2) is 0 Å². The molecule has 0 amide bonds. The zero-order valence-electron chi connectivity index (χ0n) is 22.1. The molecule has 0 radical (unpaired) electrons. The van der Waals surface area contributed by atoms with Crippen molar-refractivity contribution in [3.8, 4) is 0 Å². The molecule has 2 aliphatic heterocycles. The van der Waals surface area contributed by atoms with Crippen molar-refractivity contribution in [2.24, 2.45) is 0 Å². The first-order chi connectivity index (χ1) is 13.5. The van der Waals surface area contributed by atoms with Gasteiger partial charge in [0.1, 0.15) is 0 Å². The molecule has 2 aliphatic rings. The Labute approximate surface area is 261 Å². The average Bonchev–Trinajstić information content (AvgIpc) is 3.45. The van der Waals surface area contributed by atoms with E-state index in [1.54, 1.807) is 0 Å². The van der Waals surface area contributed by atoms with Crippen LogP contribution in [-0.4, -0.2) is 31.4 Å². The first-order valence-corrected chi connectivity index (χ1v) is 11.7. The van der Waals surface area contributed by atoms with Crippen LogP contribution in [0.25, 0.3) is 0 Å². The number of aromatic nitrogens is 2. The van der Waals surface area contributed by atoms with Crippen molar-refractivity contribution < 1.29 is 93.0 Å². The number of nitrogens with zero attached hydrogens (tertiary/aromatic N) is 2. The summed E-state index contributed by atoms with van der Waals surface area (Å²) in [6.45, 7) is 24.1. The predicted molar refractivity (Wildman–Crippen MR) is 123 cm³/mol. The summed E-state index contributed by atoms with van der Waals surface area (Å²) in [5.41, 5.74) is 2.61. The molecule has 2 fully saturated rings. The SMILES string of the molecule is C1CCOC1.C1CCOC1.CCC(C)(C)c1nc(C(C)(C)C)[n-]c1C(C)(C)CC.[I-].[I-].[La+3]. The normalized spacial score (nSPS) is 15.8. The predicted octanol–water partition coefficient (Wildman–Crippen LogP) is 0.313. The zero-order valence-corrected chi connectivity index (χ0v) is 30.1. The molecule has 0 atom stereocenters. The molecular formula is C25H47I2LaN2O2. The fourth-order valence-electron chi connectivity index (χ4n) is 2.98. The average molecular weight is 800 g/mol. The Morgan fingerprint density at radius 3 is 1.34 bits per heavy atom.